The van der Waals surface area contributed by atoms with E-state index in [0.717, 1.165) is 5.41 Å². The standard InChI is InChI=1S/C10H22.C9H19N.C9H18.C7H18Si.C6H14.C5H10.C4H10.6CH4/c1-9(2,3)7-8-10(4,5)6;1-8(2)6-7-9(3,4)10(8)5;1-8(2)5-6-9(3,4)7-8;1-5-6-7-8(2,3)4;1-3-5-6-4-2;1-5(2)3-4-5;1-3-4-2;;;;;;/h7-8H2,1-6H3;6-7H2,1-5H3;5-7H2,1-4H3;5-7H2,1-4H3;3-6H2,1-2H3;3-4H2,1-2H3;3-4H2,1-2H3;6*1H4. The molecular weight excluding hydrogens is 715 g/mol. The normalized spacial score (nSPS) is 18.2. The van der Waals surface area contributed by atoms with Gasteiger partial charge in [0.05, 0.1) is 0 Å². The Labute approximate surface area is 381 Å². The molecule has 368 valence electrons. The molecule has 0 amide bonds. The molecule has 0 atom stereocenters. The highest BCUT2D eigenvalue weighted by Crippen LogP contribution is 2.48. The van der Waals surface area contributed by atoms with E-state index in [1.165, 1.54) is 115 Å². The maximum atomic E-state index is 2.49. The molecule has 1 nitrogen and oxygen atoms in total. The lowest BCUT2D eigenvalue weighted by atomic mass is 9.81. The van der Waals surface area contributed by atoms with Crippen molar-refractivity contribution in [2.45, 2.75) is 336 Å². The second kappa shape index (κ2) is 37.7. The fraction of sp³-hybridized carbons (Fsp3) is 1.00. The summed E-state index contributed by atoms with van der Waals surface area (Å²) in [7, 11) is 1.55. The van der Waals surface area contributed by atoms with Crippen molar-refractivity contribution in [2.24, 2.45) is 27.1 Å². The number of nitrogens with zero attached hydrogens (tertiary/aromatic N) is 1. The van der Waals surface area contributed by atoms with Gasteiger partial charge >= 0.3 is 0 Å². The van der Waals surface area contributed by atoms with E-state index in [9.17, 15) is 0 Å². The first kappa shape index (κ1) is 81.9. The first-order valence-electron chi connectivity index (χ1n) is 22.8. The summed E-state index contributed by atoms with van der Waals surface area (Å²) in [5.41, 5.74) is 3.86. The van der Waals surface area contributed by atoms with Gasteiger partial charge in [0.25, 0.3) is 0 Å². The van der Waals surface area contributed by atoms with E-state index in [1.54, 1.807) is 0 Å². The lowest BCUT2D eigenvalue weighted by Gasteiger charge is -2.36. The highest BCUT2D eigenvalue weighted by atomic mass is 28.3. The van der Waals surface area contributed by atoms with Gasteiger partial charge in [-0.05, 0) is 120 Å². The molecule has 0 aromatic carbocycles. The Morgan fingerprint density at radius 3 is 0.759 bits per heavy atom. The van der Waals surface area contributed by atoms with Gasteiger partial charge in [0.15, 0.2) is 0 Å². The second-order valence-corrected chi connectivity index (χ2v) is 30.0. The van der Waals surface area contributed by atoms with Crippen LogP contribution in [0.2, 0.25) is 25.7 Å². The minimum Gasteiger partial charge on any atom is -0.296 e. The molecule has 0 radical (unpaired) electrons. The average molecular weight is 851 g/mol. The van der Waals surface area contributed by atoms with Gasteiger partial charge in [-0.1, -0.05) is 239 Å². The zero-order valence-corrected chi connectivity index (χ0v) is 43.2. The van der Waals surface area contributed by atoms with E-state index >= 15 is 0 Å². The molecule has 1 aliphatic heterocycles. The summed E-state index contributed by atoms with van der Waals surface area (Å²) in [6.45, 7) is 55.6. The van der Waals surface area contributed by atoms with E-state index in [4.69, 9.17) is 0 Å². The summed E-state index contributed by atoms with van der Waals surface area (Å²) in [5.74, 6) is 0. The van der Waals surface area contributed by atoms with Crippen LogP contribution >= 0.6 is 0 Å². The van der Waals surface area contributed by atoms with Crippen molar-refractivity contribution in [1.82, 2.24) is 4.90 Å². The van der Waals surface area contributed by atoms with Gasteiger partial charge in [-0.2, -0.15) is 0 Å². The predicted molar refractivity (Wildman–Crippen MR) is 292 cm³/mol. The van der Waals surface area contributed by atoms with Crippen LogP contribution in [0.5, 0.6) is 0 Å². The SMILES string of the molecule is C.C.C.C.C.C.CC(C)(C)CCC(C)(C)C.CC1(C)CC1.CC1(C)CCC(C)(C)C1.CCCC.CCCCCC.CCCC[Si](C)(C)C.CN1C(C)(C)CCC1(C)C. The highest BCUT2D eigenvalue weighted by molar-refractivity contribution is 6.76. The number of rotatable bonds is 8. The molecule has 3 fully saturated rings. The lowest BCUT2D eigenvalue weighted by molar-refractivity contribution is 0.115. The van der Waals surface area contributed by atoms with Crippen LogP contribution in [0.25, 0.3) is 0 Å². The Balaban J connectivity index is -0.0000000579. The predicted octanol–water partition coefficient (Wildman–Crippen LogP) is 22.5. The van der Waals surface area contributed by atoms with Crippen molar-refractivity contribution < 1.29 is 0 Å². The topological polar surface area (TPSA) is 3.24 Å². The third kappa shape index (κ3) is 60.5. The van der Waals surface area contributed by atoms with Crippen LogP contribution in [-0.2, 0) is 0 Å². The van der Waals surface area contributed by atoms with E-state index < -0.39 is 8.07 Å². The third-order valence-electron chi connectivity index (χ3n) is 11.2. The van der Waals surface area contributed by atoms with Crippen LogP contribution in [0.1, 0.15) is 299 Å². The summed E-state index contributed by atoms with van der Waals surface area (Å²) < 4.78 is 0. The van der Waals surface area contributed by atoms with Gasteiger partial charge in [0.1, 0.15) is 0 Å². The summed E-state index contributed by atoms with van der Waals surface area (Å²) in [4.78, 5) is 2.49. The monoisotopic (exact) mass is 850 g/mol. The zero-order valence-electron chi connectivity index (χ0n) is 42.2. The molecule has 0 aromatic rings. The molecule has 2 aliphatic carbocycles. The number of likely N-dealkylation sites (tertiary alicyclic amines) is 1. The minimum atomic E-state index is -0.678. The van der Waals surface area contributed by atoms with Crippen LogP contribution < -0.4 is 0 Å². The first-order valence-corrected chi connectivity index (χ1v) is 26.5. The molecule has 1 heterocycles. The lowest BCUT2D eigenvalue weighted by Crippen LogP contribution is -2.44. The van der Waals surface area contributed by atoms with Gasteiger partial charge in [-0.15, -0.1) is 0 Å². The van der Waals surface area contributed by atoms with E-state index in [1.807, 2.05) is 0 Å². The summed E-state index contributed by atoms with van der Waals surface area (Å²) in [6, 6.07) is 1.50. The van der Waals surface area contributed by atoms with Gasteiger partial charge in [0, 0.05) is 19.2 Å². The number of hydrogen-bond donors (Lipinski definition) is 0. The highest BCUT2D eigenvalue weighted by Gasteiger charge is 2.41. The van der Waals surface area contributed by atoms with E-state index in [0.29, 0.717) is 32.7 Å². The van der Waals surface area contributed by atoms with Gasteiger partial charge in [-0.25, -0.2) is 0 Å². The fourth-order valence-electron chi connectivity index (χ4n) is 6.12. The molecule has 3 aliphatic rings. The summed E-state index contributed by atoms with van der Waals surface area (Å²) >= 11 is 0. The summed E-state index contributed by atoms with van der Waals surface area (Å²) in [5, 5.41) is 0. The molecule has 58 heavy (non-hydrogen) atoms. The molecule has 2 saturated carbocycles. The largest absolute Gasteiger partial charge is 0.296 e. The van der Waals surface area contributed by atoms with Crippen LogP contribution in [0.15, 0.2) is 0 Å². The zero-order chi connectivity index (χ0) is 42.3. The maximum Gasteiger partial charge on any atom is 0.0442 e. The molecule has 0 spiro atoms. The van der Waals surface area contributed by atoms with Crippen molar-refractivity contribution in [2.75, 3.05) is 7.05 Å². The number of hydrogen-bond acceptors (Lipinski definition) is 1. The Kier molecular flexibility index (Phi) is 53.3. The third-order valence-corrected chi connectivity index (χ3v) is 13.1. The van der Waals surface area contributed by atoms with Crippen molar-refractivity contribution in [3.63, 3.8) is 0 Å². The average Bonchev–Trinajstić information content (AvgIpc) is 3.56. The maximum absolute atomic E-state index is 2.49. The summed E-state index contributed by atoms with van der Waals surface area (Å²) in [6.07, 6.45) is 23.4. The van der Waals surface area contributed by atoms with Gasteiger partial charge in [0.2, 0.25) is 0 Å². The van der Waals surface area contributed by atoms with Crippen LogP contribution in [0.3, 0.4) is 0 Å². The molecule has 0 N–H and O–H groups in total. The van der Waals surface area contributed by atoms with Crippen molar-refractivity contribution in [3.8, 4) is 0 Å². The van der Waals surface area contributed by atoms with E-state index in [-0.39, 0.29) is 44.6 Å². The number of unbranched alkanes of at least 4 members (excludes halogenated alkanes) is 5. The van der Waals surface area contributed by atoms with Crippen LogP contribution in [-0.4, -0.2) is 31.1 Å². The Hall–Kier alpha value is 0.177. The smallest absolute Gasteiger partial charge is 0.0442 e. The Morgan fingerprint density at radius 1 is 0.414 bits per heavy atom. The van der Waals surface area contributed by atoms with Crippen LogP contribution in [0.4, 0.5) is 0 Å². The molecule has 3 rings (SSSR count). The molecule has 2 heteroatoms. The minimum absolute atomic E-state index is 0. The Bertz CT molecular complexity index is 753. The quantitative estimate of drug-likeness (QED) is 0.174. The van der Waals surface area contributed by atoms with Crippen molar-refractivity contribution in [1.29, 1.82) is 0 Å². The van der Waals surface area contributed by atoms with Crippen molar-refractivity contribution in [3.05, 3.63) is 0 Å². The van der Waals surface area contributed by atoms with Gasteiger partial charge in [-0.3, -0.25) is 4.90 Å². The first-order chi connectivity index (χ1) is 23.1. The van der Waals surface area contributed by atoms with Crippen LogP contribution in [0, 0.1) is 27.1 Å². The van der Waals surface area contributed by atoms with E-state index in [2.05, 4.69) is 177 Å². The van der Waals surface area contributed by atoms with Gasteiger partial charge < -0.3 is 0 Å². The molecule has 0 unspecified atom stereocenters. The molecule has 0 bridgehead atoms. The molecular formula is C56H135NSi. The second-order valence-electron chi connectivity index (χ2n) is 24.3. The fourth-order valence-corrected chi connectivity index (χ4v) is 7.54. The van der Waals surface area contributed by atoms with Crippen molar-refractivity contribution >= 4 is 8.07 Å². The molecule has 0 aromatic heterocycles. The Morgan fingerprint density at radius 2 is 0.672 bits per heavy atom. The molecule has 1 saturated heterocycles.